The molecule has 120 valence electrons. The molecule has 6 nitrogen and oxygen atoms in total. The van der Waals surface area contributed by atoms with Gasteiger partial charge < -0.3 is 9.73 Å². The van der Waals surface area contributed by atoms with E-state index in [-0.39, 0.29) is 11.7 Å². The molecule has 8 heteroatoms. The Bertz CT molecular complexity index is 851. The number of aromatic nitrogens is 2. The van der Waals surface area contributed by atoms with Gasteiger partial charge in [-0.25, -0.2) is 0 Å². The minimum absolute atomic E-state index is 0.163. The SMILES string of the molecule is N#CCc1ccc(NC(=O)CSc2nnc(-c3cccs3)o2)cc1. The van der Waals surface area contributed by atoms with Gasteiger partial charge in [-0.1, -0.05) is 30.0 Å². The van der Waals surface area contributed by atoms with Crippen LogP contribution in [0.15, 0.2) is 51.4 Å². The number of nitrogens with zero attached hydrogens (tertiary/aromatic N) is 3. The molecular weight excluding hydrogens is 344 g/mol. The molecular formula is C16H12N4O2S2. The molecule has 0 aliphatic heterocycles. The predicted molar refractivity (Wildman–Crippen MR) is 92.7 cm³/mol. The van der Waals surface area contributed by atoms with E-state index in [1.54, 1.807) is 12.1 Å². The number of thiophene rings is 1. The molecule has 2 aromatic heterocycles. The molecule has 3 aromatic rings. The summed E-state index contributed by atoms with van der Waals surface area (Å²) in [7, 11) is 0. The van der Waals surface area contributed by atoms with Crippen molar-refractivity contribution in [3.05, 3.63) is 47.3 Å². The summed E-state index contributed by atoms with van der Waals surface area (Å²) in [4.78, 5) is 12.9. The molecule has 0 atom stereocenters. The van der Waals surface area contributed by atoms with E-state index in [0.717, 1.165) is 10.4 Å². The Morgan fingerprint density at radius 2 is 2.12 bits per heavy atom. The smallest absolute Gasteiger partial charge is 0.277 e. The van der Waals surface area contributed by atoms with Gasteiger partial charge in [-0.05, 0) is 29.1 Å². The second-order valence-electron chi connectivity index (χ2n) is 4.72. The number of rotatable bonds is 6. The van der Waals surface area contributed by atoms with Gasteiger partial charge in [-0.15, -0.1) is 21.5 Å². The number of thioether (sulfide) groups is 1. The molecule has 0 unspecified atom stereocenters. The first-order valence-corrected chi connectivity index (χ1v) is 8.87. The zero-order valence-electron chi connectivity index (χ0n) is 12.4. The van der Waals surface area contributed by atoms with Gasteiger partial charge in [-0.2, -0.15) is 5.26 Å². The van der Waals surface area contributed by atoms with Crippen LogP contribution in [0.1, 0.15) is 5.56 Å². The summed E-state index contributed by atoms with van der Waals surface area (Å²) in [6.07, 6.45) is 0.355. The molecule has 0 aliphatic rings. The van der Waals surface area contributed by atoms with Gasteiger partial charge in [-0.3, -0.25) is 4.79 Å². The van der Waals surface area contributed by atoms with E-state index < -0.39 is 0 Å². The number of benzene rings is 1. The molecule has 1 N–H and O–H groups in total. The second-order valence-corrected chi connectivity index (χ2v) is 6.59. The van der Waals surface area contributed by atoms with Gasteiger partial charge in [0.1, 0.15) is 0 Å². The number of nitriles is 1. The Hall–Kier alpha value is -2.63. The first-order chi connectivity index (χ1) is 11.7. The number of anilines is 1. The summed E-state index contributed by atoms with van der Waals surface area (Å²) < 4.78 is 5.51. The van der Waals surface area contributed by atoms with Crippen LogP contribution in [-0.4, -0.2) is 21.9 Å². The Morgan fingerprint density at radius 1 is 1.29 bits per heavy atom. The van der Waals surface area contributed by atoms with Crippen molar-refractivity contribution in [1.82, 2.24) is 10.2 Å². The monoisotopic (exact) mass is 356 g/mol. The summed E-state index contributed by atoms with van der Waals surface area (Å²) in [6.45, 7) is 0. The molecule has 2 heterocycles. The van der Waals surface area contributed by atoms with E-state index in [1.807, 2.05) is 29.6 Å². The second kappa shape index (κ2) is 7.77. The summed E-state index contributed by atoms with van der Waals surface area (Å²) >= 11 is 2.70. The van der Waals surface area contributed by atoms with Crippen LogP contribution in [0.5, 0.6) is 0 Å². The average Bonchev–Trinajstić information content (AvgIpc) is 3.26. The lowest BCUT2D eigenvalue weighted by Crippen LogP contribution is -2.13. The molecule has 0 aliphatic carbocycles. The van der Waals surface area contributed by atoms with Crippen LogP contribution in [0.2, 0.25) is 0 Å². The summed E-state index contributed by atoms with van der Waals surface area (Å²) in [5, 5.41) is 21.6. The van der Waals surface area contributed by atoms with E-state index in [4.69, 9.17) is 9.68 Å². The van der Waals surface area contributed by atoms with Crippen LogP contribution in [-0.2, 0) is 11.2 Å². The first kappa shape index (κ1) is 16.2. The zero-order chi connectivity index (χ0) is 16.8. The Morgan fingerprint density at radius 3 is 2.83 bits per heavy atom. The summed E-state index contributed by atoms with van der Waals surface area (Å²) in [5.74, 6) is 0.469. The van der Waals surface area contributed by atoms with Crippen molar-refractivity contribution < 1.29 is 9.21 Å². The summed E-state index contributed by atoms with van der Waals surface area (Å²) in [5.41, 5.74) is 1.60. The highest BCUT2D eigenvalue weighted by atomic mass is 32.2. The lowest BCUT2D eigenvalue weighted by molar-refractivity contribution is -0.113. The molecule has 0 saturated heterocycles. The van der Waals surface area contributed by atoms with Crippen molar-refractivity contribution in [2.45, 2.75) is 11.6 Å². The third-order valence-corrected chi connectivity index (χ3v) is 4.66. The quantitative estimate of drug-likeness (QED) is 0.679. The molecule has 1 aromatic carbocycles. The Labute approximate surface area is 146 Å². The highest BCUT2D eigenvalue weighted by Gasteiger charge is 2.12. The molecule has 1 amide bonds. The normalized spacial score (nSPS) is 10.3. The average molecular weight is 356 g/mol. The molecule has 0 fully saturated rings. The van der Waals surface area contributed by atoms with E-state index in [0.29, 0.717) is 23.2 Å². The predicted octanol–water partition coefficient (Wildman–Crippen LogP) is 3.59. The van der Waals surface area contributed by atoms with Crippen LogP contribution in [0, 0.1) is 11.3 Å². The highest BCUT2D eigenvalue weighted by Crippen LogP contribution is 2.26. The molecule has 0 radical (unpaired) electrons. The summed E-state index contributed by atoms with van der Waals surface area (Å²) in [6, 6.07) is 13.1. The van der Waals surface area contributed by atoms with Crippen LogP contribution < -0.4 is 5.32 Å². The lowest BCUT2D eigenvalue weighted by Gasteiger charge is -2.04. The topological polar surface area (TPSA) is 91.8 Å². The largest absolute Gasteiger partial charge is 0.410 e. The zero-order valence-corrected chi connectivity index (χ0v) is 14.1. The van der Waals surface area contributed by atoms with Crippen molar-refractivity contribution in [1.29, 1.82) is 5.26 Å². The van der Waals surface area contributed by atoms with Crippen molar-refractivity contribution in [3.8, 4) is 16.8 Å². The van der Waals surface area contributed by atoms with Crippen LogP contribution in [0.3, 0.4) is 0 Å². The molecule has 0 spiro atoms. The van der Waals surface area contributed by atoms with E-state index >= 15 is 0 Å². The van der Waals surface area contributed by atoms with Crippen LogP contribution in [0.4, 0.5) is 5.69 Å². The van der Waals surface area contributed by atoms with Gasteiger partial charge >= 0.3 is 0 Å². The maximum absolute atomic E-state index is 12.0. The molecule has 3 rings (SSSR count). The number of hydrogen-bond donors (Lipinski definition) is 1. The van der Waals surface area contributed by atoms with Crippen molar-refractivity contribution >= 4 is 34.7 Å². The van der Waals surface area contributed by atoms with Gasteiger partial charge in [0.2, 0.25) is 5.91 Å². The van der Waals surface area contributed by atoms with Crippen LogP contribution in [0.25, 0.3) is 10.8 Å². The third kappa shape index (κ3) is 4.22. The fraction of sp³-hybridized carbons (Fsp3) is 0.125. The third-order valence-electron chi connectivity index (χ3n) is 2.99. The first-order valence-electron chi connectivity index (χ1n) is 7.00. The standard InChI is InChI=1S/C16H12N4O2S2/c17-8-7-11-3-5-12(6-4-11)18-14(21)10-24-16-20-19-15(22-16)13-2-1-9-23-13/h1-6,9H,7,10H2,(H,18,21). The van der Waals surface area contributed by atoms with Gasteiger partial charge in [0.15, 0.2) is 0 Å². The fourth-order valence-corrected chi connectivity index (χ4v) is 3.10. The van der Waals surface area contributed by atoms with E-state index in [2.05, 4.69) is 21.6 Å². The molecule has 0 saturated carbocycles. The van der Waals surface area contributed by atoms with E-state index in [9.17, 15) is 4.79 Å². The Balaban J connectivity index is 1.51. The number of hydrogen-bond acceptors (Lipinski definition) is 7. The maximum Gasteiger partial charge on any atom is 0.277 e. The number of amides is 1. The highest BCUT2D eigenvalue weighted by molar-refractivity contribution is 7.99. The Kier molecular flexibility index (Phi) is 5.25. The number of carbonyl (C=O) groups is 1. The van der Waals surface area contributed by atoms with Crippen molar-refractivity contribution in [3.63, 3.8) is 0 Å². The van der Waals surface area contributed by atoms with Crippen LogP contribution >= 0.6 is 23.1 Å². The van der Waals surface area contributed by atoms with Crippen molar-refractivity contribution in [2.24, 2.45) is 0 Å². The lowest BCUT2D eigenvalue weighted by atomic mass is 10.1. The number of nitrogens with one attached hydrogen (secondary N) is 1. The number of carbonyl (C=O) groups excluding carboxylic acids is 1. The minimum Gasteiger partial charge on any atom is -0.410 e. The van der Waals surface area contributed by atoms with Crippen molar-refractivity contribution in [2.75, 3.05) is 11.1 Å². The van der Waals surface area contributed by atoms with Gasteiger partial charge in [0.25, 0.3) is 11.1 Å². The van der Waals surface area contributed by atoms with Gasteiger partial charge in [0.05, 0.1) is 23.1 Å². The molecule has 24 heavy (non-hydrogen) atoms. The van der Waals surface area contributed by atoms with Gasteiger partial charge in [0, 0.05) is 5.69 Å². The molecule has 0 bridgehead atoms. The minimum atomic E-state index is -0.163. The fourth-order valence-electron chi connectivity index (χ4n) is 1.89. The maximum atomic E-state index is 12.0. The van der Waals surface area contributed by atoms with E-state index in [1.165, 1.54) is 23.1 Å².